The predicted molar refractivity (Wildman–Crippen MR) is 118 cm³/mol. The molecule has 0 spiro atoms. The van der Waals surface area contributed by atoms with Crippen LogP contribution in [0.2, 0.25) is 0 Å². The summed E-state index contributed by atoms with van der Waals surface area (Å²) in [5, 5.41) is 8.21. The Morgan fingerprint density at radius 2 is 2.12 bits per heavy atom. The Morgan fingerprint density at radius 3 is 2.84 bits per heavy atom. The number of urea groups is 1. The number of fused-ring (bicyclic) bond motifs is 1. The molecule has 0 saturated carbocycles. The summed E-state index contributed by atoms with van der Waals surface area (Å²) in [6.45, 7) is 2.76. The topological polar surface area (TPSA) is 75.5 Å². The number of halogens is 2. The minimum absolute atomic E-state index is 0.0641. The van der Waals surface area contributed by atoms with E-state index < -0.39 is 6.61 Å². The first kappa shape index (κ1) is 21.8. The number of carbonyl (C=O) groups is 1. The van der Waals surface area contributed by atoms with Crippen LogP contribution < -0.4 is 15.0 Å². The largest absolute Gasteiger partial charge is 0.435 e. The number of anilines is 2. The summed E-state index contributed by atoms with van der Waals surface area (Å²) >= 11 is 0. The number of amides is 2. The molecule has 2 aromatic heterocycles. The van der Waals surface area contributed by atoms with Gasteiger partial charge in [0.2, 0.25) is 0 Å². The van der Waals surface area contributed by atoms with Crippen molar-refractivity contribution in [3.63, 3.8) is 0 Å². The number of nitrogens with zero attached hydrogens (tertiary/aromatic N) is 5. The zero-order chi connectivity index (χ0) is 22.8. The highest BCUT2D eigenvalue weighted by atomic mass is 19.3. The van der Waals surface area contributed by atoms with E-state index in [1.807, 2.05) is 19.3 Å². The van der Waals surface area contributed by atoms with Crippen molar-refractivity contribution in [3.05, 3.63) is 42.2 Å². The number of piperazine rings is 1. The summed E-state index contributed by atoms with van der Waals surface area (Å²) in [6, 6.07) is 6.41. The fourth-order valence-corrected chi connectivity index (χ4v) is 4.14. The summed E-state index contributed by atoms with van der Waals surface area (Å²) in [7, 11) is 1.87. The van der Waals surface area contributed by atoms with E-state index in [2.05, 4.69) is 32.0 Å². The molecule has 8 nitrogen and oxygen atoms in total. The van der Waals surface area contributed by atoms with E-state index in [-0.39, 0.29) is 17.8 Å². The van der Waals surface area contributed by atoms with Gasteiger partial charge in [-0.3, -0.25) is 4.68 Å². The minimum atomic E-state index is -2.88. The molecule has 3 aromatic rings. The lowest BCUT2D eigenvalue weighted by Gasteiger charge is -2.42. The number of rotatable bonds is 5. The van der Waals surface area contributed by atoms with E-state index in [1.54, 1.807) is 28.8 Å². The van der Waals surface area contributed by atoms with Crippen molar-refractivity contribution in [2.75, 3.05) is 29.9 Å². The summed E-state index contributed by atoms with van der Waals surface area (Å²) in [5.41, 5.74) is 3.11. The maximum atomic E-state index is 12.9. The van der Waals surface area contributed by atoms with Crippen molar-refractivity contribution < 1.29 is 18.3 Å². The van der Waals surface area contributed by atoms with Gasteiger partial charge in [0.25, 0.3) is 0 Å². The van der Waals surface area contributed by atoms with Gasteiger partial charge in [0, 0.05) is 44.6 Å². The molecule has 3 heterocycles. The lowest BCUT2D eigenvalue weighted by molar-refractivity contribution is -0.0498. The highest BCUT2D eigenvalue weighted by Crippen LogP contribution is 2.29. The van der Waals surface area contributed by atoms with Crippen LogP contribution in [0.4, 0.5) is 25.0 Å². The first-order valence-corrected chi connectivity index (χ1v) is 10.5. The Bertz CT molecular complexity index is 1120. The molecule has 1 saturated heterocycles. The van der Waals surface area contributed by atoms with Crippen molar-refractivity contribution in [2.45, 2.75) is 32.9 Å². The Morgan fingerprint density at radius 1 is 1.31 bits per heavy atom. The van der Waals surface area contributed by atoms with Crippen LogP contribution in [-0.2, 0) is 7.05 Å². The quantitative estimate of drug-likeness (QED) is 0.644. The fraction of sp³-hybridized carbons (Fsp3) is 0.409. The second kappa shape index (κ2) is 8.97. The molecule has 0 bridgehead atoms. The number of carbonyl (C=O) groups excluding carboxylic acids is 1. The molecule has 1 aromatic carbocycles. The Kier molecular flexibility index (Phi) is 6.11. The van der Waals surface area contributed by atoms with Crippen LogP contribution in [-0.4, -0.2) is 58.0 Å². The van der Waals surface area contributed by atoms with Gasteiger partial charge in [-0.05, 0) is 43.2 Å². The van der Waals surface area contributed by atoms with Gasteiger partial charge in [0.1, 0.15) is 5.75 Å². The number of alkyl halides is 2. The van der Waals surface area contributed by atoms with E-state index in [9.17, 15) is 13.6 Å². The number of ether oxygens (including phenoxy) is 1. The molecule has 1 fully saturated rings. The van der Waals surface area contributed by atoms with Crippen molar-refractivity contribution >= 4 is 28.4 Å². The molecule has 0 aliphatic carbocycles. The molecule has 1 N–H and O–H groups in total. The number of aromatic nitrogens is 3. The normalized spacial score (nSPS) is 16.6. The number of hydrogen-bond acceptors (Lipinski definition) is 5. The number of nitrogens with one attached hydrogen (secondary N) is 1. The lowest BCUT2D eigenvalue weighted by Crippen LogP contribution is -2.55. The molecule has 170 valence electrons. The van der Waals surface area contributed by atoms with Crippen LogP contribution in [0.3, 0.4) is 0 Å². The predicted octanol–water partition coefficient (Wildman–Crippen LogP) is 4.01. The van der Waals surface area contributed by atoms with Crippen LogP contribution in [0.1, 0.15) is 18.9 Å². The first-order valence-electron chi connectivity index (χ1n) is 10.5. The number of pyridine rings is 1. The number of benzene rings is 1. The Balaban J connectivity index is 1.46. The van der Waals surface area contributed by atoms with Crippen molar-refractivity contribution in [1.82, 2.24) is 19.7 Å². The van der Waals surface area contributed by atoms with Gasteiger partial charge >= 0.3 is 12.6 Å². The third-order valence-corrected chi connectivity index (χ3v) is 5.83. The average Bonchev–Trinajstić information content (AvgIpc) is 3.16. The van der Waals surface area contributed by atoms with Crippen LogP contribution in [0.25, 0.3) is 11.0 Å². The van der Waals surface area contributed by atoms with Gasteiger partial charge in [0.15, 0.2) is 5.65 Å². The van der Waals surface area contributed by atoms with Gasteiger partial charge in [-0.2, -0.15) is 13.9 Å². The van der Waals surface area contributed by atoms with Crippen LogP contribution in [0.15, 0.2) is 36.7 Å². The molecule has 0 radical (unpaired) electrons. The maximum Gasteiger partial charge on any atom is 0.387 e. The van der Waals surface area contributed by atoms with E-state index in [0.717, 1.165) is 23.1 Å². The van der Waals surface area contributed by atoms with Crippen molar-refractivity contribution in [3.8, 4) is 5.75 Å². The Hall–Kier alpha value is -3.43. The standard InChI is InChI=1S/C22H26F2N6O2/c1-4-15-13-29(22(31)27-18-6-5-16(11-14(18)2)32-21(23)24)9-10-30(15)19-7-8-25-20-17(19)12-26-28(20)3/h5-8,11-12,15,21H,4,9-10,13H2,1-3H3,(H,27,31). The lowest BCUT2D eigenvalue weighted by atomic mass is 10.1. The third-order valence-electron chi connectivity index (χ3n) is 5.83. The minimum Gasteiger partial charge on any atom is -0.435 e. The molecular formula is C22H26F2N6O2. The first-order chi connectivity index (χ1) is 15.4. The van der Waals surface area contributed by atoms with E-state index in [1.165, 1.54) is 12.1 Å². The number of aryl methyl sites for hydroxylation is 2. The van der Waals surface area contributed by atoms with Crippen LogP contribution in [0.5, 0.6) is 5.75 Å². The van der Waals surface area contributed by atoms with E-state index >= 15 is 0 Å². The van der Waals surface area contributed by atoms with Gasteiger partial charge in [-0.15, -0.1) is 0 Å². The molecule has 10 heteroatoms. The highest BCUT2D eigenvalue weighted by Gasteiger charge is 2.30. The number of hydrogen-bond donors (Lipinski definition) is 1. The van der Waals surface area contributed by atoms with Crippen LogP contribution in [0, 0.1) is 6.92 Å². The second-order valence-electron chi connectivity index (χ2n) is 7.82. The van der Waals surface area contributed by atoms with Gasteiger partial charge < -0.3 is 19.9 Å². The molecule has 1 aliphatic rings. The van der Waals surface area contributed by atoms with Crippen molar-refractivity contribution in [2.24, 2.45) is 7.05 Å². The summed E-state index contributed by atoms with van der Waals surface area (Å²) in [5.74, 6) is 0.0641. The average molecular weight is 444 g/mol. The van der Waals surface area contributed by atoms with Crippen molar-refractivity contribution in [1.29, 1.82) is 0 Å². The molecule has 1 unspecified atom stereocenters. The zero-order valence-corrected chi connectivity index (χ0v) is 18.3. The molecular weight excluding hydrogens is 418 g/mol. The monoisotopic (exact) mass is 444 g/mol. The Labute approximate surface area is 184 Å². The summed E-state index contributed by atoms with van der Waals surface area (Å²) in [6.07, 6.45) is 4.48. The van der Waals surface area contributed by atoms with E-state index in [0.29, 0.717) is 30.9 Å². The summed E-state index contributed by atoms with van der Waals surface area (Å²) < 4.78 is 31.0. The fourth-order valence-electron chi connectivity index (χ4n) is 4.14. The second-order valence-corrected chi connectivity index (χ2v) is 7.82. The van der Waals surface area contributed by atoms with Gasteiger partial charge in [0.05, 0.1) is 17.3 Å². The smallest absolute Gasteiger partial charge is 0.387 e. The highest BCUT2D eigenvalue weighted by molar-refractivity contribution is 5.91. The molecule has 1 atom stereocenters. The SMILES string of the molecule is CCC1CN(C(=O)Nc2ccc(OC(F)F)cc2C)CCN1c1ccnc2c1cnn2C. The van der Waals surface area contributed by atoms with Crippen LogP contribution >= 0.6 is 0 Å². The molecule has 1 aliphatic heterocycles. The molecule has 4 rings (SSSR count). The molecule has 2 amide bonds. The third kappa shape index (κ3) is 4.30. The van der Waals surface area contributed by atoms with E-state index in [4.69, 9.17) is 0 Å². The van der Waals surface area contributed by atoms with Gasteiger partial charge in [-0.1, -0.05) is 6.92 Å². The van der Waals surface area contributed by atoms with Gasteiger partial charge in [-0.25, -0.2) is 9.78 Å². The summed E-state index contributed by atoms with van der Waals surface area (Å²) in [4.78, 5) is 21.4. The zero-order valence-electron chi connectivity index (χ0n) is 18.3. The maximum absolute atomic E-state index is 12.9. The molecule has 32 heavy (non-hydrogen) atoms.